The van der Waals surface area contributed by atoms with Crippen LogP contribution in [0.25, 0.3) is 0 Å². The first-order valence-electron chi connectivity index (χ1n) is 6.14. The molecule has 2 aliphatic heterocycles. The lowest BCUT2D eigenvalue weighted by molar-refractivity contribution is -0.122. The van der Waals surface area contributed by atoms with Crippen molar-refractivity contribution >= 4 is 33.8 Å². The van der Waals surface area contributed by atoms with Crippen molar-refractivity contribution in [2.75, 3.05) is 24.6 Å². The summed E-state index contributed by atoms with van der Waals surface area (Å²) in [5.74, 6) is 2.21. The van der Waals surface area contributed by atoms with Gasteiger partial charge in [0, 0.05) is 12.3 Å². The minimum atomic E-state index is 0.0255. The van der Waals surface area contributed by atoms with Gasteiger partial charge in [-0.25, -0.2) is 0 Å². The van der Waals surface area contributed by atoms with Gasteiger partial charge < -0.3 is 10.6 Å². The summed E-state index contributed by atoms with van der Waals surface area (Å²) in [7, 11) is 0. The van der Waals surface area contributed by atoms with Crippen molar-refractivity contribution in [3.63, 3.8) is 0 Å². The van der Waals surface area contributed by atoms with Crippen molar-refractivity contribution in [3.05, 3.63) is 0 Å². The van der Waals surface area contributed by atoms with Crippen LogP contribution in [-0.4, -0.2) is 47.0 Å². The number of hydrogen-bond acceptors (Lipinski definition) is 5. The van der Waals surface area contributed by atoms with Crippen LogP contribution in [0.1, 0.15) is 19.8 Å². The number of carbonyl (C=O) groups is 1. The van der Waals surface area contributed by atoms with Crippen molar-refractivity contribution in [2.45, 2.75) is 31.8 Å². The average molecular weight is 273 g/mol. The summed E-state index contributed by atoms with van der Waals surface area (Å²) in [6, 6.07) is 0.289. The Morgan fingerprint density at radius 2 is 2.59 bits per heavy atom. The topological polar surface area (TPSA) is 53.5 Å². The number of nitrogens with zero attached hydrogens (tertiary/aromatic N) is 1. The first kappa shape index (κ1) is 13.2. The number of aliphatic imine (C=N–C) groups is 1. The Balaban J connectivity index is 1.70. The van der Waals surface area contributed by atoms with Gasteiger partial charge in [0.25, 0.3) is 0 Å². The molecule has 0 bridgehead atoms. The van der Waals surface area contributed by atoms with E-state index in [1.54, 1.807) is 23.5 Å². The van der Waals surface area contributed by atoms with E-state index in [4.69, 9.17) is 0 Å². The molecule has 1 amide bonds. The molecule has 2 aliphatic rings. The number of rotatable bonds is 4. The van der Waals surface area contributed by atoms with Gasteiger partial charge >= 0.3 is 0 Å². The van der Waals surface area contributed by atoms with Crippen LogP contribution in [0.3, 0.4) is 0 Å². The molecule has 0 spiro atoms. The maximum absolute atomic E-state index is 11.8. The van der Waals surface area contributed by atoms with Crippen LogP contribution < -0.4 is 10.6 Å². The Kier molecular flexibility index (Phi) is 5.18. The molecule has 0 saturated carbocycles. The Morgan fingerprint density at radius 3 is 3.29 bits per heavy atom. The molecule has 17 heavy (non-hydrogen) atoms. The summed E-state index contributed by atoms with van der Waals surface area (Å²) < 4.78 is 1.17. The van der Waals surface area contributed by atoms with E-state index < -0.39 is 0 Å². The van der Waals surface area contributed by atoms with E-state index in [1.165, 1.54) is 4.38 Å². The fraction of sp³-hybridized carbons (Fsp3) is 0.818. The second-order valence-corrected chi connectivity index (χ2v) is 6.71. The number of hydrogen-bond donors (Lipinski definition) is 2. The Labute approximate surface area is 111 Å². The van der Waals surface area contributed by atoms with E-state index in [0.717, 1.165) is 30.9 Å². The van der Waals surface area contributed by atoms with Crippen molar-refractivity contribution < 1.29 is 4.79 Å². The number of carbonyl (C=O) groups excluding carboxylic acids is 1. The molecule has 6 heteroatoms. The second-order valence-electron chi connectivity index (χ2n) is 4.19. The Morgan fingerprint density at radius 1 is 1.71 bits per heavy atom. The van der Waals surface area contributed by atoms with E-state index in [-0.39, 0.29) is 18.0 Å². The van der Waals surface area contributed by atoms with Gasteiger partial charge in [0.05, 0.1) is 12.1 Å². The van der Waals surface area contributed by atoms with Crippen LogP contribution in [0.4, 0.5) is 0 Å². The first-order chi connectivity index (χ1) is 8.29. The maximum Gasteiger partial charge on any atom is 0.237 e. The fourth-order valence-corrected chi connectivity index (χ4v) is 4.06. The van der Waals surface area contributed by atoms with Crippen LogP contribution in [0, 0.1) is 0 Å². The van der Waals surface area contributed by atoms with E-state index in [1.807, 2.05) is 0 Å². The molecule has 1 fully saturated rings. The summed E-state index contributed by atoms with van der Waals surface area (Å²) in [6.07, 6.45) is 2.07. The fourth-order valence-electron chi connectivity index (χ4n) is 1.95. The molecule has 2 rings (SSSR count). The predicted molar refractivity (Wildman–Crippen MR) is 75.8 cm³/mol. The van der Waals surface area contributed by atoms with Gasteiger partial charge in [-0.1, -0.05) is 18.7 Å². The molecule has 0 aromatic carbocycles. The van der Waals surface area contributed by atoms with Gasteiger partial charge in [-0.3, -0.25) is 9.79 Å². The second kappa shape index (κ2) is 6.66. The van der Waals surface area contributed by atoms with E-state index in [0.29, 0.717) is 6.54 Å². The minimum absolute atomic E-state index is 0.0255. The van der Waals surface area contributed by atoms with Crippen LogP contribution >= 0.6 is 23.5 Å². The summed E-state index contributed by atoms with van der Waals surface area (Å²) in [5.41, 5.74) is 0. The monoisotopic (exact) mass is 273 g/mol. The van der Waals surface area contributed by atoms with Crippen LogP contribution in [0.5, 0.6) is 0 Å². The van der Waals surface area contributed by atoms with Crippen molar-refractivity contribution in [1.82, 2.24) is 10.6 Å². The normalized spacial score (nSPS) is 28.2. The molecule has 2 atom stereocenters. The molecular formula is C11H19N3OS2. The molecule has 0 aromatic rings. The van der Waals surface area contributed by atoms with E-state index in [2.05, 4.69) is 22.5 Å². The maximum atomic E-state index is 11.8. The van der Waals surface area contributed by atoms with Gasteiger partial charge in [-0.15, -0.1) is 11.8 Å². The van der Waals surface area contributed by atoms with Crippen LogP contribution in [0.2, 0.25) is 0 Å². The van der Waals surface area contributed by atoms with Gasteiger partial charge in [0.1, 0.15) is 4.38 Å². The third-order valence-corrected chi connectivity index (χ3v) is 5.10. The van der Waals surface area contributed by atoms with Gasteiger partial charge in [0.2, 0.25) is 5.91 Å². The highest BCUT2D eigenvalue weighted by atomic mass is 32.2. The molecule has 0 unspecified atom stereocenters. The predicted octanol–water partition coefficient (Wildman–Crippen LogP) is 1.08. The quantitative estimate of drug-likeness (QED) is 0.805. The zero-order valence-electron chi connectivity index (χ0n) is 10.1. The lowest BCUT2D eigenvalue weighted by atomic mass is 10.2. The smallest absolute Gasteiger partial charge is 0.237 e. The van der Waals surface area contributed by atoms with E-state index >= 15 is 0 Å². The molecule has 0 aromatic heterocycles. The summed E-state index contributed by atoms with van der Waals surface area (Å²) in [5, 5.41) is 6.20. The zero-order valence-corrected chi connectivity index (χ0v) is 11.7. The third kappa shape index (κ3) is 3.89. The van der Waals surface area contributed by atoms with Crippen molar-refractivity contribution in [3.8, 4) is 0 Å². The van der Waals surface area contributed by atoms with Gasteiger partial charge in [-0.2, -0.15) is 0 Å². The lowest BCUT2D eigenvalue weighted by Crippen LogP contribution is -2.43. The molecule has 2 heterocycles. The molecular weight excluding hydrogens is 254 g/mol. The summed E-state index contributed by atoms with van der Waals surface area (Å²) in [6.45, 7) is 3.78. The standard InChI is InChI=1S/C11H19N3OS2/c1-2-16-11-14-8(7-17-11)6-13-10(15)9-4-3-5-12-9/h8-9,12H,2-7H2,1H3,(H,13,15)/t8-,9+/m1/s1. The van der Waals surface area contributed by atoms with Gasteiger partial charge in [-0.05, 0) is 25.1 Å². The zero-order chi connectivity index (χ0) is 12.1. The largest absolute Gasteiger partial charge is 0.353 e. The Bertz CT molecular complexity index is 303. The molecule has 0 aliphatic carbocycles. The Hall–Kier alpha value is -0.200. The van der Waals surface area contributed by atoms with E-state index in [9.17, 15) is 4.79 Å². The molecule has 2 N–H and O–H groups in total. The number of thioether (sulfide) groups is 2. The molecule has 96 valence electrons. The minimum Gasteiger partial charge on any atom is -0.353 e. The highest BCUT2D eigenvalue weighted by Gasteiger charge is 2.24. The van der Waals surface area contributed by atoms with Gasteiger partial charge in [0.15, 0.2) is 0 Å². The lowest BCUT2D eigenvalue weighted by Gasteiger charge is -2.12. The first-order valence-corrected chi connectivity index (χ1v) is 8.11. The summed E-state index contributed by atoms with van der Waals surface area (Å²) >= 11 is 3.60. The summed E-state index contributed by atoms with van der Waals surface area (Å²) in [4.78, 5) is 16.4. The number of nitrogens with one attached hydrogen (secondary N) is 2. The average Bonchev–Trinajstić information content (AvgIpc) is 2.97. The van der Waals surface area contributed by atoms with Crippen molar-refractivity contribution in [1.29, 1.82) is 0 Å². The molecule has 1 saturated heterocycles. The van der Waals surface area contributed by atoms with Crippen molar-refractivity contribution in [2.24, 2.45) is 4.99 Å². The highest BCUT2D eigenvalue weighted by Crippen LogP contribution is 2.25. The molecule has 0 radical (unpaired) electrons. The van der Waals surface area contributed by atoms with Crippen LogP contribution in [0.15, 0.2) is 4.99 Å². The number of amides is 1. The SMILES string of the molecule is CCSC1=N[C@H](CNC(=O)[C@@H]2CCCN2)CS1. The highest BCUT2D eigenvalue weighted by molar-refractivity contribution is 8.39. The third-order valence-electron chi connectivity index (χ3n) is 2.84. The molecule has 4 nitrogen and oxygen atoms in total. The van der Waals surface area contributed by atoms with Crippen LogP contribution in [-0.2, 0) is 4.79 Å².